The smallest absolute Gasteiger partial charge is 0.337 e. The number of carbonyl (C=O) groups excluding carboxylic acids is 1. The summed E-state index contributed by atoms with van der Waals surface area (Å²) in [5.74, 6) is -0.942. The summed E-state index contributed by atoms with van der Waals surface area (Å²) in [5.41, 5.74) is 0. The Balaban J connectivity index is 2.68. The van der Waals surface area contributed by atoms with E-state index in [9.17, 15) is 20.1 Å². The Morgan fingerprint density at radius 2 is 1.93 bits per heavy atom. The van der Waals surface area contributed by atoms with Crippen molar-refractivity contribution >= 4 is 5.97 Å². The first-order valence-corrected chi connectivity index (χ1v) is 4.33. The summed E-state index contributed by atoms with van der Waals surface area (Å²) in [6, 6.07) is 0. The molecule has 1 saturated heterocycles. The van der Waals surface area contributed by atoms with Gasteiger partial charge in [0.25, 0.3) is 0 Å². The van der Waals surface area contributed by atoms with E-state index >= 15 is 0 Å². The summed E-state index contributed by atoms with van der Waals surface area (Å²) in [6.45, 7) is 0. The highest BCUT2D eigenvalue weighted by Gasteiger charge is 2.48. The van der Waals surface area contributed by atoms with Crippen molar-refractivity contribution in [1.29, 1.82) is 0 Å². The maximum Gasteiger partial charge on any atom is 0.337 e. The van der Waals surface area contributed by atoms with Crippen molar-refractivity contribution in [3.05, 3.63) is 0 Å². The molecular formula is C8H14O7. The molecule has 3 N–H and O–H groups in total. The zero-order valence-corrected chi connectivity index (χ0v) is 8.36. The van der Waals surface area contributed by atoms with Crippen molar-refractivity contribution in [2.45, 2.75) is 30.7 Å². The predicted octanol–water partition coefficient (Wildman–Crippen LogP) is -2.39. The van der Waals surface area contributed by atoms with Crippen LogP contribution in [0, 0.1) is 0 Å². The van der Waals surface area contributed by atoms with Gasteiger partial charge in [0.1, 0.15) is 18.3 Å². The maximum absolute atomic E-state index is 11.0. The normalized spacial score (nSPS) is 37.7. The Hall–Kier alpha value is -0.730. The van der Waals surface area contributed by atoms with Crippen molar-refractivity contribution in [2.75, 3.05) is 14.2 Å². The number of hydrogen-bond acceptors (Lipinski definition) is 7. The van der Waals surface area contributed by atoms with Crippen LogP contribution in [-0.4, -0.2) is 66.2 Å². The molecule has 0 spiro atoms. The summed E-state index contributed by atoms with van der Waals surface area (Å²) in [7, 11) is 2.37. The lowest BCUT2D eigenvalue weighted by atomic mass is 10.1. The largest absolute Gasteiger partial charge is 0.467 e. The van der Waals surface area contributed by atoms with Crippen LogP contribution >= 0.6 is 0 Å². The van der Waals surface area contributed by atoms with Crippen LogP contribution in [0.15, 0.2) is 0 Å². The Kier molecular flexibility index (Phi) is 4.00. The van der Waals surface area contributed by atoms with Crippen LogP contribution in [0.25, 0.3) is 0 Å². The number of aliphatic hydroxyl groups excluding tert-OH is 3. The summed E-state index contributed by atoms with van der Waals surface area (Å²) >= 11 is 0. The van der Waals surface area contributed by atoms with Gasteiger partial charge in [-0.15, -0.1) is 0 Å². The summed E-state index contributed by atoms with van der Waals surface area (Å²) in [6.07, 6.45) is -6.68. The van der Waals surface area contributed by atoms with E-state index in [2.05, 4.69) is 4.74 Å². The van der Waals surface area contributed by atoms with E-state index < -0.39 is 36.7 Å². The minimum atomic E-state index is -1.65. The van der Waals surface area contributed by atoms with Crippen molar-refractivity contribution in [1.82, 2.24) is 0 Å². The molecule has 1 fully saturated rings. The molecule has 0 aliphatic carbocycles. The number of esters is 1. The second-order valence-corrected chi connectivity index (χ2v) is 3.15. The maximum atomic E-state index is 11.0. The molecule has 88 valence electrons. The quantitative estimate of drug-likeness (QED) is 0.457. The fourth-order valence-electron chi connectivity index (χ4n) is 1.38. The van der Waals surface area contributed by atoms with Gasteiger partial charge in [-0.25, -0.2) is 4.79 Å². The number of aliphatic hydroxyl groups is 3. The van der Waals surface area contributed by atoms with Crippen LogP contribution < -0.4 is 0 Å². The molecule has 0 aromatic rings. The Labute approximate surface area is 86.2 Å². The summed E-state index contributed by atoms with van der Waals surface area (Å²) in [4.78, 5) is 11.0. The van der Waals surface area contributed by atoms with Gasteiger partial charge < -0.3 is 29.5 Å². The highest BCUT2D eigenvalue weighted by atomic mass is 16.7. The molecule has 0 unspecified atom stereocenters. The Morgan fingerprint density at radius 1 is 1.33 bits per heavy atom. The van der Waals surface area contributed by atoms with E-state index in [1.807, 2.05) is 0 Å². The van der Waals surface area contributed by atoms with E-state index in [0.29, 0.717) is 0 Å². The van der Waals surface area contributed by atoms with Gasteiger partial charge in [0.05, 0.1) is 7.11 Å². The third-order valence-corrected chi connectivity index (χ3v) is 2.24. The van der Waals surface area contributed by atoms with Crippen molar-refractivity contribution in [3.63, 3.8) is 0 Å². The SMILES string of the molecule is COC(=O)[C@@H](O)[C@@H]1O[C@H](OC)[C@H](O)[C@H]1O. The molecule has 0 bridgehead atoms. The monoisotopic (exact) mass is 222 g/mol. The first-order valence-electron chi connectivity index (χ1n) is 4.33. The number of carbonyl (C=O) groups is 1. The van der Waals surface area contributed by atoms with Gasteiger partial charge in [0, 0.05) is 7.11 Å². The van der Waals surface area contributed by atoms with Gasteiger partial charge in [-0.3, -0.25) is 0 Å². The number of methoxy groups -OCH3 is 2. The Morgan fingerprint density at radius 3 is 2.33 bits per heavy atom. The molecule has 5 atom stereocenters. The van der Waals surface area contributed by atoms with E-state index in [1.165, 1.54) is 7.11 Å². The average Bonchev–Trinajstić information content (AvgIpc) is 2.54. The molecule has 1 aliphatic heterocycles. The lowest BCUT2D eigenvalue weighted by molar-refractivity contribution is -0.179. The molecule has 7 heteroatoms. The molecule has 1 rings (SSSR count). The van der Waals surface area contributed by atoms with Crippen LogP contribution in [-0.2, 0) is 19.0 Å². The third kappa shape index (κ3) is 2.27. The van der Waals surface area contributed by atoms with Crippen LogP contribution in [0.5, 0.6) is 0 Å². The van der Waals surface area contributed by atoms with E-state index in [1.54, 1.807) is 0 Å². The second-order valence-electron chi connectivity index (χ2n) is 3.15. The lowest BCUT2D eigenvalue weighted by Crippen LogP contribution is -2.43. The van der Waals surface area contributed by atoms with Crippen molar-refractivity contribution in [3.8, 4) is 0 Å². The lowest BCUT2D eigenvalue weighted by Gasteiger charge is -2.18. The number of ether oxygens (including phenoxy) is 3. The fraction of sp³-hybridized carbons (Fsp3) is 0.875. The van der Waals surface area contributed by atoms with Crippen LogP contribution in [0.3, 0.4) is 0 Å². The van der Waals surface area contributed by atoms with E-state index in [0.717, 1.165) is 7.11 Å². The molecule has 15 heavy (non-hydrogen) atoms. The standard InChI is InChI=1S/C8H14O7/c1-13-7(12)5(11)6-3(9)4(10)8(14-2)15-6/h3-6,8-11H,1-2H3/t3-,4-,5+,6-,8+/m1/s1. The zero-order valence-electron chi connectivity index (χ0n) is 8.36. The predicted molar refractivity (Wildman–Crippen MR) is 45.7 cm³/mol. The van der Waals surface area contributed by atoms with Gasteiger partial charge >= 0.3 is 5.97 Å². The average molecular weight is 222 g/mol. The summed E-state index contributed by atoms with van der Waals surface area (Å²) < 4.78 is 13.9. The van der Waals surface area contributed by atoms with Crippen LogP contribution in [0.4, 0.5) is 0 Å². The van der Waals surface area contributed by atoms with Crippen LogP contribution in [0.1, 0.15) is 0 Å². The molecule has 0 aromatic heterocycles. The molecule has 0 aromatic carbocycles. The van der Waals surface area contributed by atoms with Gasteiger partial charge in [0.2, 0.25) is 0 Å². The molecule has 7 nitrogen and oxygen atoms in total. The minimum absolute atomic E-state index is 0.942. The molecule has 0 saturated carbocycles. The fourth-order valence-corrected chi connectivity index (χ4v) is 1.38. The second kappa shape index (κ2) is 4.86. The molecular weight excluding hydrogens is 208 g/mol. The Bertz CT molecular complexity index is 231. The van der Waals surface area contributed by atoms with Gasteiger partial charge in [0.15, 0.2) is 12.4 Å². The third-order valence-electron chi connectivity index (χ3n) is 2.24. The van der Waals surface area contributed by atoms with Gasteiger partial charge in [-0.1, -0.05) is 0 Å². The first-order chi connectivity index (χ1) is 7.02. The summed E-state index contributed by atoms with van der Waals surface area (Å²) in [5, 5.41) is 28.2. The van der Waals surface area contributed by atoms with E-state index in [-0.39, 0.29) is 0 Å². The minimum Gasteiger partial charge on any atom is -0.467 e. The van der Waals surface area contributed by atoms with Gasteiger partial charge in [-0.05, 0) is 0 Å². The number of rotatable bonds is 3. The van der Waals surface area contributed by atoms with Crippen molar-refractivity contribution in [2.24, 2.45) is 0 Å². The van der Waals surface area contributed by atoms with Crippen molar-refractivity contribution < 1.29 is 34.3 Å². The molecule has 1 aliphatic rings. The highest BCUT2D eigenvalue weighted by molar-refractivity contribution is 5.75. The highest BCUT2D eigenvalue weighted by Crippen LogP contribution is 2.24. The van der Waals surface area contributed by atoms with E-state index in [4.69, 9.17) is 9.47 Å². The number of hydrogen-bond donors (Lipinski definition) is 3. The first kappa shape index (κ1) is 12.3. The molecule has 0 amide bonds. The topological polar surface area (TPSA) is 105 Å². The zero-order chi connectivity index (χ0) is 11.6. The van der Waals surface area contributed by atoms with Crippen LogP contribution in [0.2, 0.25) is 0 Å². The molecule has 1 heterocycles. The molecule has 0 radical (unpaired) electrons. The van der Waals surface area contributed by atoms with Gasteiger partial charge in [-0.2, -0.15) is 0 Å².